The number of fused-ring (bicyclic) bond motifs is 1. The zero-order chi connectivity index (χ0) is 17.8. The van der Waals surface area contributed by atoms with Crippen molar-refractivity contribution in [1.29, 1.82) is 0 Å². The van der Waals surface area contributed by atoms with E-state index >= 15 is 0 Å². The van der Waals surface area contributed by atoms with Crippen LogP contribution in [0.25, 0.3) is 10.9 Å². The van der Waals surface area contributed by atoms with E-state index in [0.717, 1.165) is 48.9 Å². The molecule has 2 heterocycles. The topological polar surface area (TPSA) is 57.3 Å². The fraction of sp³-hybridized carbons (Fsp3) is 0.500. The molecule has 0 saturated carbocycles. The van der Waals surface area contributed by atoms with E-state index in [1.807, 2.05) is 24.3 Å². The van der Waals surface area contributed by atoms with Crippen LogP contribution in [-0.4, -0.2) is 35.4 Å². The number of benzene rings is 1. The van der Waals surface area contributed by atoms with Crippen molar-refractivity contribution in [2.75, 3.05) is 25.1 Å². The second-order valence-corrected chi connectivity index (χ2v) is 7.42. The van der Waals surface area contributed by atoms with Crippen LogP contribution in [0.4, 0.5) is 5.82 Å². The summed E-state index contributed by atoms with van der Waals surface area (Å²) in [7, 11) is 0. The van der Waals surface area contributed by atoms with Crippen LogP contribution in [0.3, 0.4) is 0 Å². The van der Waals surface area contributed by atoms with Gasteiger partial charge in [0.15, 0.2) is 0 Å². The lowest BCUT2D eigenvalue weighted by Crippen LogP contribution is -2.43. The van der Waals surface area contributed by atoms with Crippen molar-refractivity contribution in [2.24, 2.45) is 11.8 Å². The van der Waals surface area contributed by atoms with E-state index in [4.69, 9.17) is 0 Å². The molecule has 25 heavy (non-hydrogen) atoms. The normalized spacial score (nSPS) is 16.3. The predicted molar refractivity (Wildman–Crippen MR) is 102 cm³/mol. The van der Waals surface area contributed by atoms with Gasteiger partial charge in [0.25, 0.3) is 0 Å². The number of piperidine rings is 1. The van der Waals surface area contributed by atoms with E-state index in [9.17, 15) is 4.79 Å². The number of likely N-dealkylation sites (tertiary alicyclic amines) is 1. The van der Waals surface area contributed by atoms with Gasteiger partial charge in [0, 0.05) is 17.8 Å². The Morgan fingerprint density at radius 2 is 2.00 bits per heavy atom. The van der Waals surface area contributed by atoms with E-state index in [-0.39, 0.29) is 11.8 Å². The molecule has 1 aromatic carbocycles. The van der Waals surface area contributed by atoms with Gasteiger partial charge in [-0.15, -0.1) is 0 Å². The molecule has 5 heteroatoms. The smallest absolute Gasteiger partial charge is 0.241 e. The standard InChI is InChI=1S/C20H28N4O/c1-14(2)13-24-10-8-16(9-11-24)20(25)23-22-19-12-15(3)17-6-4-5-7-18(17)21-19/h4-7,12,14,16H,8-11,13H2,1-3H3,(H,21,22)(H,23,25). The third-order valence-corrected chi connectivity index (χ3v) is 4.82. The van der Waals surface area contributed by atoms with Crippen LogP contribution in [0.5, 0.6) is 0 Å². The molecule has 5 nitrogen and oxygen atoms in total. The van der Waals surface area contributed by atoms with Crippen LogP contribution >= 0.6 is 0 Å². The van der Waals surface area contributed by atoms with Crippen molar-refractivity contribution in [1.82, 2.24) is 15.3 Å². The number of para-hydroxylation sites is 1. The Kier molecular flexibility index (Phi) is 5.53. The third kappa shape index (κ3) is 4.48. The average molecular weight is 340 g/mol. The Morgan fingerprint density at radius 3 is 2.72 bits per heavy atom. The molecule has 1 aliphatic heterocycles. The molecule has 1 fully saturated rings. The molecule has 0 spiro atoms. The molecule has 0 atom stereocenters. The lowest BCUT2D eigenvalue weighted by Gasteiger charge is -2.32. The van der Waals surface area contributed by atoms with Crippen molar-refractivity contribution in [3.8, 4) is 0 Å². The zero-order valence-electron chi connectivity index (χ0n) is 15.4. The van der Waals surface area contributed by atoms with Crippen molar-refractivity contribution in [3.63, 3.8) is 0 Å². The summed E-state index contributed by atoms with van der Waals surface area (Å²) in [5, 5.41) is 1.14. The molecule has 0 radical (unpaired) electrons. The molecule has 0 bridgehead atoms. The van der Waals surface area contributed by atoms with E-state index in [2.05, 4.69) is 47.6 Å². The van der Waals surface area contributed by atoms with Crippen LogP contribution in [0.15, 0.2) is 30.3 Å². The average Bonchev–Trinajstić information content (AvgIpc) is 2.60. The first-order chi connectivity index (χ1) is 12.0. The second kappa shape index (κ2) is 7.83. The third-order valence-electron chi connectivity index (χ3n) is 4.82. The number of hydrogen-bond acceptors (Lipinski definition) is 4. The first-order valence-electron chi connectivity index (χ1n) is 9.17. The number of carbonyl (C=O) groups excluding carboxylic acids is 1. The molecule has 0 aliphatic carbocycles. The fourth-order valence-corrected chi connectivity index (χ4v) is 3.54. The Morgan fingerprint density at radius 1 is 1.28 bits per heavy atom. The second-order valence-electron chi connectivity index (χ2n) is 7.42. The number of pyridine rings is 1. The summed E-state index contributed by atoms with van der Waals surface area (Å²) < 4.78 is 0. The van der Waals surface area contributed by atoms with E-state index in [1.165, 1.54) is 0 Å². The maximum absolute atomic E-state index is 12.4. The number of nitrogens with one attached hydrogen (secondary N) is 2. The maximum Gasteiger partial charge on any atom is 0.241 e. The number of aryl methyl sites for hydroxylation is 1. The summed E-state index contributed by atoms with van der Waals surface area (Å²) >= 11 is 0. The van der Waals surface area contributed by atoms with Crippen LogP contribution < -0.4 is 10.9 Å². The highest BCUT2D eigenvalue weighted by atomic mass is 16.2. The Hall–Kier alpha value is -2.14. The van der Waals surface area contributed by atoms with Crippen LogP contribution in [-0.2, 0) is 4.79 Å². The van der Waals surface area contributed by atoms with Gasteiger partial charge < -0.3 is 4.90 Å². The van der Waals surface area contributed by atoms with Gasteiger partial charge in [-0.25, -0.2) is 4.98 Å². The van der Waals surface area contributed by atoms with Crippen molar-refractivity contribution in [3.05, 3.63) is 35.9 Å². The minimum Gasteiger partial charge on any atom is -0.303 e. The minimum absolute atomic E-state index is 0.0665. The van der Waals surface area contributed by atoms with Crippen molar-refractivity contribution in [2.45, 2.75) is 33.6 Å². The fourth-order valence-electron chi connectivity index (χ4n) is 3.54. The van der Waals surface area contributed by atoms with E-state index in [0.29, 0.717) is 11.7 Å². The number of anilines is 1. The maximum atomic E-state index is 12.4. The molecule has 2 aromatic rings. The summed E-state index contributed by atoms with van der Waals surface area (Å²) in [6, 6.07) is 10.00. The quantitative estimate of drug-likeness (QED) is 0.820. The first kappa shape index (κ1) is 17.7. The summed E-state index contributed by atoms with van der Waals surface area (Å²) in [5.41, 5.74) is 7.91. The lowest BCUT2D eigenvalue weighted by atomic mass is 9.95. The largest absolute Gasteiger partial charge is 0.303 e. The van der Waals surface area contributed by atoms with Gasteiger partial charge in [-0.1, -0.05) is 32.0 Å². The highest BCUT2D eigenvalue weighted by molar-refractivity contribution is 5.84. The van der Waals surface area contributed by atoms with Crippen LogP contribution in [0, 0.1) is 18.8 Å². The van der Waals surface area contributed by atoms with Gasteiger partial charge in [-0.2, -0.15) is 0 Å². The number of aromatic nitrogens is 1. The van der Waals surface area contributed by atoms with Crippen LogP contribution in [0.1, 0.15) is 32.3 Å². The summed E-state index contributed by atoms with van der Waals surface area (Å²) in [6.07, 6.45) is 1.84. The number of hydrazine groups is 1. The molecule has 1 aromatic heterocycles. The molecule has 1 aliphatic rings. The Bertz CT molecular complexity index is 736. The Balaban J connectivity index is 1.54. The van der Waals surface area contributed by atoms with Crippen molar-refractivity contribution >= 4 is 22.6 Å². The zero-order valence-corrected chi connectivity index (χ0v) is 15.4. The monoisotopic (exact) mass is 340 g/mol. The highest BCUT2D eigenvalue weighted by Crippen LogP contribution is 2.20. The predicted octanol–water partition coefficient (Wildman–Crippen LogP) is 3.35. The number of nitrogens with zero attached hydrogens (tertiary/aromatic N) is 2. The van der Waals surface area contributed by atoms with Gasteiger partial charge in [0.05, 0.1) is 5.52 Å². The van der Waals surface area contributed by atoms with Gasteiger partial charge in [-0.3, -0.25) is 15.6 Å². The molecular weight excluding hydrogens is 312 g/mol. The molecule has 2 N–H and O–H groups in total. The molecule has 1 amide bonds. The lowest BCUT2D eigenvalue weighted by molar-refractivity contribution is -0.125. The number of amides is 1. The molecule has 1 saturated heterocycles. The van der Waals surface area contributed by atoms with Gasteiger partial charge >= 0.3 is 0 Å². The molecular formula is C20H28N4O. The van der Waals surface area contributed by atoms with E-state index in [1.54, 1.807) is 0 Å². The number of rotatable bonds is 5. The van der Waals surface area contributed by atoms with Crippen molar-refractivity contribution < 1.29 is 4.79 Å². The minimum atomic E-state index is 0.0665. The van der Waals surface area contributed by atoms with Gasteiger partial charge in [0.2, 0.25) is 5.91 Å². The highest BCUT2D eigenvalue weighted by Gasteiger charge is 2.25. The van der Waals surface area contributed by atoms with Crippen LogP contribution in [0.2, 0.25) is 0 Å². The first-order valence-corrected chi connectivity index (χ1v) is 9.17. The Labute approximate surface area is 149 Å². The van der Waals surface area contributed by atoms with Gasteiger partial charge in [0.1, 0.15) is 5.82 Å². The SMILES string of the molecule is Cc1cc(NNC(=O)C2CCN(CC(C)C)CC2)nc2ccccc12. The summed E-state index contributed by atoms with van der Waals surface area (Å²) in [6.45, 7) is 9.66. The molecule has 134 valence electrons. The number of carbonyl (C=O) groups is 1. The number of hydrogen-bond donors (Lipinski definition) is 2. The summed E-state index contributed by atoms with van der Waals surface area (Å²) in [5.74, 6) is 1.50. The van der Waals surface area contributed by atoms with E-state index < -0.39 is 0 Å². The van der Waals surface area contributed by atoms with Gasteiger partial charge in [-0.05, 0) is 56.5 Å². The molecule has 3 rings (SSSR count). The molecule has 0 unspecified atom stereocenters. The summed E-state index contributed by atoms with van der Waals surface area (Å²) in [4.78, 5) is 19.4.